The van der Waals surface area contributed by atoms with E-state index < -0.39 is 0 Å². The molecule has 0 unspecified atom stereocenters. The molecule has 20 heavy (non-hydrogen) atoms. The van der Waals surface area contributed by atoms with Crippen molar-refractivity contribution in [1.82, 2.24) is 4.57 Å². The van der Waals surface area contributed by atoms with Crippen LogP contribution in [0, 0.1) is 0 Å². The highest BCUT2D eigenvalue weighted by atomic mass is 16.5. The van der Waals surface area contributed by atoms with Crippen molar-refractivity contribution in [2.45, 2.75) is 0 Å². The van der Waals surface area contributed by atoms with Crippen molar-refractivity contribution in [3.05, 3.63) is 60.3 Å². The van der Waals surface area contributed by atoms with E-state index >= 15 is 0 Å². The SMILES string of the molecule is COC(=O)c1ccc2ccn(-c3ccc(O)cc3)c2c1. The lowest BCUT2D eigenvalue weighted by Crippen LogP contribution is -2.01. The van der Waals surface area contributed by atoms with Crippen LogP contribution in [0.25, 0.3) is 16.6 Å². The maximum absolute atomic E-state index is 11.6. The number of hydrogen-bond acceptors (Lipinski definition) is 3. The minimum atomic E-state index is -0.356. The van der Waals surface area contributed by atoms with Crippen LogP contribution in [0.15, 0.2) is 54.7 Å². The number of nitrogens with zero attached hydrogens (tertiary/aromatic N) is 1. The van der Waals surface area contributed by atoms with Gasteiger partial charge in [-0.25, -0.2) is 4.79 Å². The number of aromatic hydroxyl groups is 1. The van der Waals surface area contributed by atoms with E-state index in [9.17, 15) is 9.90 Å². The molecule has 0 aliphatic heterocycles. The van der Waals surface area contributed by atoms with E-state index in [0.29, 0.717) is 5.56 Å². The van der Waals surface area contributed by atoms with Crippen molar-refractivity contribution in [2.75, 3.05) is 7.11 Å². The first-order valence-electron chi connectivity index (χ1n) is 6.18. The number of fused-ring (bicyclic) bond motifs is 1. The number of rotatable bonds is 2. The minimum absolute atomic E-state index is 0.223. The summed E-state index contributed by atoms with van der Waals surface area (Å²) in [5, 5.41) is 10.4. The van der Waals surface area contributed by atoms with Crippen molar-refractivity contribution < 1.29 is 14.6 Å². The average molecular weight is 267 g/mol. The molecular weight excluding hydrogens is 254 g/mol. The molecule has 1 heterocycles. The molecule has 3 rings (SSSR count). The third kappa shape index (κ3) is 2.01. The molecule has 0 saturated heterocycles. The van der Waals surface area contributed by atoms with Crippen LogP contribution in [0.5, 0.6) is 5.75 Å². The molecule has 4 heteroatoms. The lowest BCUT2D eigenvalue weighted by Gasteiger charge is -2.06. The van der Waals surface area contributed by atoms with Crippen molar-refractivity contribution in [1.29, 1.82) is 0 Å². The second-order valence-corrected chi connectivity index (χ2v) is 4.47. The lowest BCUT2D eigenvalue weighted by atomic mass is 10.1. The molecule has 2 aromatic carbocycles. The van der Waals surface area contributed by atoms with E-state index in [1.165, 1.54) is 7.11 Å². The largest absolute Gasteiger partial charge is 0.508 e. The maximum Gasteiger partial charge on any atom is 0.337 e. The Morgan fingerprint density at radius 2 is 1.85 bits per heavy atom. The fourth-order valence-electron chi connectivity index (χ4n) is 2.21. The smallest absolute Gasteiger partial charge is 0.337 e. The number of esters is 1. The molecule has 0 aliphatic carbocycles. The van der Waals surface area contributed by atoms with Crippen LogP contribution in [0.1, 0.15) is 10.4 Å². The molecule has 0 spiro atoms. The highest BCUT2D eigenvalue weighted by Gasteiger charge is 2.09. The van der Waals surface area contributed by atoms with Crippen molar-refractivity contribution >= 4 is 16.9 Å². The van der Waals surface area contributed by atoms with Crippen LogP contribution >= 0.6 is 0 Å². The number of phenolic OH excluding ortho intramolecular Hbond substituents is 1. The normalized spacial score (nSPS) is 10.7. The van der Waals surface area contributed by atoms with Gasteiger partial charge in [0.2, 0.25) is 0 Å². The summed E-state index contributed by atoms with van der Waals surface area (Å²) in [6.45, 7) is 0. The Kier molecular flexibility index (Phi) is 2.91. The molecule has 0 aliphatic rings. The molecule has 100 valence electrons. The van der Waals surface area contributed by atoms with Crippen LogP contribution in [0.4, 0.5) is 0 Å². The first-order chi connectivity index (χ1) is 9.69. The predicted octanol–water partition coefficient (Wildman–Crippen LogP) is 3.12. The molecule has 4 nitrogen and oxygen atoms in total. The summed E-state index contributed by atoms with van der Waals surface area (Å²) >= 11 is 0. The first-order valence-corrected chi connectivity index (χ1v) is 6.18. The number of carbonyl (C=O) groups excluding carboxylic acids is 1. The molecular formula is C16H13NO3. The zero-order valence-electron chi connectivity index (χ0n) is 10.9. The number of hydrogen-bond donors (Lipinski definition) is 1. The quantitative estimate of drug-likeness (QED) is 0.726. The molecule has 3 aromatic rings. The number of phenols is 1. The minimum Gasteiger partial charge on any atom is -0.508 e. The highest BCUT2D eigenvalue weighted by molar-refractivity contribution is 5.95. The number of benzene rings is 2. The molecule has 1 N–H and O–H groups in total. The first kappa shape index (κ1) is 12.3. The number of aromatic nitrogens is 1. The maximum atomic E-state index is 11.6. The predicted molar refractivity (Wildman–Crippen MR) is 76.3 cm³/mol. The Balaban J connectivity index is 2.16. The van der Waals surface area contributed by atoms with Gasteiger partial charge in [-0.1, -0.05) is 6.07 Å². The van der Waals surface area contributed by atoms with Crippen LogP contribution in [0.2, 0.25) is 0 Å². The zero-order chi connectivity index (χ0) is 14.1. The standard InChI is InChI=1S/C16H13NO3/c1-20-16(19)12-3-2-11-8-9-17(15(11)10-12)13-4-6-14(18)7-5-13/h2-10,18H,1H3. The Hall–Kier alpha value is -2.75. The monoisotopic (exact) mass is 267 g/mol. The molecule has 0 amide bonds. The van der Waals surface area contributed by atoms with Gasteiger partial charge in [0.1, 0.15) is 5.75 Å². The average Bonchev–Trinajstić information content (AvgIpc) is 2.90. The fourth-order valence-corrected chi connectivity index (χ4v) is 2.21. The number of methoxy groups -OCH3 is 1. The highest BCUT2D eigenvalue weighted by Crippen LogP contribution is 2.23. The summed E-state index contributed by atoms with van der Waals surface area (Å²) in [4.78, 5) is 11.6. The van der Waals surface area contributed by atoms with Gasteiger partial charge in [-0.2, -0.15) is 0 Å². The zero-order valence-corrected chi connectivity index (χ0v) is 10.9. The van der Waals surface area contributed by atoms with E-state index in [1.807, 2.05) is 35.0 Å². The second kappa shape index (κ2) is 4.74. The Morgan fingerprint density at radius 3 is 2.55 bits per heavy atom. The molecule has 0 fully saturated rings. The van der Waals surface area contributed by atoms with Gasteiger partial charge in [0.05, 0.1) is 18.2 Å². The Morgan fingerprint density at radius 1 is 1.10 bits per heavy atom. The van der Waals surface area contributed by atoms with E-state index in [0.717, 1.165) is 16.6 Å². The fraction of sp³-hybridized carbons (Fsp3) is 0.0625. The second-order valence-electron chi connectivity index (χ2n) is 4.47. The van der Waals surface area contributed by atoms with Crippen LogP contribution in [-0.2, 0) is 4.74 Å². The summed E-state index contributed by atoms with van der Waals surface area (Å²) in [5.41, 5.74) is 2.34. The van der Waals surface area contributed by atoms with Crippen LogP contribution < -0.4 is 0 Å². The van der Waals surface area contributed by atoms with Crippen molar-refractivity contribution in [3.8, 4) is 11.4 Å². The summed E-state index contributed by atoms with van der Waals surface area (Å²) in [6, 6.07) is 14.3. The van der Waals surface area contributed by atoms with E-state index in [4.69, 9.17) is 4.74 Å². The molecule has 0 atom stereocenters. The van der Waals surface area contributed by atoms with E-state index in [2.05, 4.69) is 0 Å². The van der Waals surface area contributed by atoms with E-state index in [1.54, 1.807) is 24.3 Å². The third-order valence-corrected chi connectivity index (χ3v) is 3.24. The van der Waals surface area contributed by atoms with Crippen LogP contribution in [-0.4, -0.2) is 22.8 Å². The lowest BCUT2D eigenvalue weighted by molar-refractivity contribution is 0.0601. The Labute approximate surface area is 115 Å². The van der Waals surface area contributed by atoms with Gasteiger partial charge >= 0.3 is 5.97 Å². The number of carbonyl (C=O) groups is 1. The topological polar surface area (TPSA) is 51.5 Å². The molecule has 1 aromatic heterocycles. The van der Waals surface area contributed by atoms with Gasteiger partial charge in [-0.3, -0.25) is 0 Å². The van der Waals surface area contributed by atoms with E-state index in [-0.39, 0.29) is 11.7 Å². The summed E-state index contributed by atoms with van der Waals surface area (Å²) < 4.78 is 6.70. The molecule has 0 bridgehead atoms. The van der Waals surface area contributed by atoms with Gasteiger partial charge in [0, 0.05) is 11.9 Å². The van der Waals surface area contributed by atoms with Gasteiger partial charge < -0.3 is 14.4 Å². The van der Waals surface area contributed by atoms with Crippen molar-refractivity contribution in [2.24, 2.45) is 0 Å². The summed E-state index contributed by atoms with van der Waals surface area (Å²) in [7, 11) is 1.37. The van der Waals surface area contributed by atoms with Crippen molar-refractivity contribution in [3.63, 3.8) is 0 Å². The summed E-state index contributed by atoms with van der Waals surface area (Å²) in [6.07, 6.45) is 1.93. The Bertz CT molecular complexity index is 772. The number of ether oxygens (including phenoxy) is 1. The third-order valence-electron chi connectivity index (χ3n) is 3.24. The van der Waals surface area contributed by atoms with Gasteiger partial charge in [-0.05, 0) is 47.9 Å². The molecule has 0 radical (unpaired) electrons. The van der Waals surface area contributed by atoms with Gasteiger partial charge in [-0.15, -0.1) is 0 Å². The summed E-state index contributed by atoms with van der Waals surface area (Å²) in [5.74, 6) is -0.134. The van der Waals surface area contributed by atoms with Gasteiger partial charge in [0.25, 0.3) is 0 Å². The van der Waals surface area contributed by atoms with Gasteiger partial charge in [0.15, 0.2) is 0 Å². The van der Waals surface area contributed by atoms with Crippen LogP contribution in [0.3, 0.4) is 0 Å². The molecule has 0 saturated carbocycles.